The maximum atomic E-state index is 13.9. The van der Waals surface area contributed by atoms with Crippen molar-refractivity contribution < 1.29 is 13.2 Å². The van der Waals surface area contributed by atoms with Crippen LogP contribution in [0.5, 0.6) is 0 Å². The van der Waals surface area contributed by atoms with Crippen LogP contribution >= 0.6 is 23.2 Å². The van der Waals surface area contributed by atoms with Crippen molar-refractivity contribution in [1.82, 2.24) is 13.6 Å². The number of hydrogen-bond donors (Lipinski definition) is 0. The van der Waals surface area contributed by atoms with Crippen LogP contribution in [-0.2, 0) is 14.8 Å². The number of aromatic nitrogens is 3. The summed E-state index contributed by atoms with van der Waals surface area (Å²) in [6.07, 6.45) is 1.57. The zero-order chi connectivity index (χ0) is 26.5. The monoisotopic (exact) mass is 554 g/mol. The first-order valence-electron chi connectivity index (χ1n) is 10.7. The molecular weight excluding hydrogens is 539 g/mol. The van der Waals surface area contributed by atoms with Crippen LogP contribution in [0.2, 0.25) is 10.0 Å². The van der Waals surface area contributed by atoms with E-state index in [1.165, 1.54) is 49.4 Å². The van der Waals surface area contributed by atoms with Gasteiger partial charge in [-0.2, -0.15) is 4.68 Å². The summed E-state index contributed by atoms with van der Waals surface area (Å²) in [5.41, 5.74) is -1.66. The van der Waals surface area contributed by atoms with Crippen LogP contribution in [0.25, 0.3) is 21.8 Å². The third kappa shape index (κ3) is 4.08. The second-order valence-electron chi connectivity index (χ2n) is 7.96. The standard InChI is InChI=1S/C25H16Cl2N4O5S/c1-15(32)29(22-6-2-5-21-19(22)4-3-13-28-21)30-23-14-17(27)9-12-20(23)24(33)31(25(30)34)37(35,36)18-10-7-16(26)8-11-18/h2-14H,1H3. The number of rotatable bonds is 4. The Morgan fingerprint density at radius 3 is 2.30 bits per heavy atom. The van der Waals surface area contributed by atoms with Gasteiger partial charge in [-0.15, -0.1) is 3.97 Å². The number of halogens is 2. The van der Waals surface area contributed by atoms with Gasteiger partial charge in [0.1, 0.15) is 0 Å². The molecule has 5 rings (SSSR count). The number of amides is 1. The molecule has 37 heavy (non-hydrogen) atoms. The van der Waals surface area contributed by atoms with E-state index in [0.717, 1.165) is 9.69 Å². The van der Waals surface area contributed by atoms with Gasteiger partial charge in [-0.25, -0.2) is 18.2 Å². The fourth-order valence-electron chi connectivity index (χ4n) is 4.05. The average molecular weight is 555 g/mol. The Hall–Kier alpha value is -3.99. The van der Waals surface area contributed by atoms with Crippen LogP contribution in [-0.4, -0.2) is 28.0 Å². The Kier molecular flexibility index (Phi) is 6.10. The van der Waals surface area contributed by atoms with Crippen LogP contribution in [0.3, 0.4) is 0 Å². The molecule has 186 valence electrons. The molecule has 0 spiro atoms. The van der Waals surface area contributed by atoms with Gasteiger partial charge in [-0.05, 0) is 66.7 Å². The van der Waals surface area contributed by atoms with E-state index in [9.17, 15) is 22.8 Å². The molecule has 0 N–H and O–H groups in total. The molecule has 9 nitrogen and oxygen atoms in total. The first-order chi connectivity index (χ1) is 17.6. The molecule has 0 bridgehead atoms. The number of pyridine rings is 1. The summed E-state index contributed by atoms with van der Waals surface area (Å²) >= 11 is 12.1. The van der Waals surface area contributed by atoms with E-state index >= 15 is 0 Å². The van der Waals surface area contributed by atoms with Crippen molar-refractivity contribution in [2.45, 2.75) is 11.8 Å². The molecule has 0 unspecified atom stereocenters. The van der Waals surface area contributed by atoms with Gasteiger partial charge < -0.3 is 0 Å². The molecule has 0 saturated heterocycles. The Bertz CT molecular complexity index is 1950. The van der Waals surface area contributed by atoms with E-state index < -0.39 is 27.2 Å². The summed E-state index contributed by atoms with van der Waals surface area (Å²) in [5.74, 6) is -0.631. The van der Waals surface area contributed by atoms with Crippen molar-refractivity contribution in [3.8, 4) is 0 Å². The molecule has 0 saturated carbocycles. The molecule has 12 heteroatoms. The Morgan fingerprint density at radius 2 is 1.59 bits per heavy atom. The number of hydrogen-bond acceptors (Lipinski definition) is 6. The van der Waals surface area contributed by atoms with E-state index in [1.807, 2.05) is 0 Å². The van der Waals surface area contributed by atoms with Crippen molar-refractivity contribution in [1.29, 1.82) is 0 Å². The van der Waals surface area contributed by atoms with Gasteiger partial charge in [-0.3, -0.25) is 14.6 Å². The third-order valence-corrected chi connectivity index (χ3v) is 7.82. The number of carbonyl (C=O) groups excluding carboxylic acids is 1. The normalized spacial score (nSPS) is 11.6. The fraction of sp³-hybridized carbons (Fsp3) is 0.0400. The highest BCUT2D eigenvalue weighted by molar-refractivity contribution is 7.90. The molecule has 0 aliphatic carbocycles. The lowest BCUT2D eigenvalue weighted by molar-refractivity contribution is -0.117. The van der Waals surface area contributed by atoms with Gasteiger partial charge in [-0.1, -0.05) is 29.3 Å². The fourth-order valence-corrected chi connectivity index (χ4v) is 5.64. The zero-order valence-corrected chi connectivity index (χ0v) is 21.3. The van der Waals surface area contributed by atoms with Crippen LogP contribution < -0.4 is 16.3 Å². The van der Waals surface area contributed by atoms with Crippen molar-refractivity contribution in [3.05, 3.63) is 110 Å². The molecule has 2 aromatic heterocycles. The number of benzene rings is 3. The van der Waals surface area contributed by atoms with E-state index in [-0.39, 0.29) is 35.5 Å². The molecule has 5 aromatic rings. The predicted octanol–water partition coefficient (Wildman–Crippen LogP) is 4.07. The minimum Gasteiger partial charge on any atom is -0.273 e. The molecule has 0 radical (unpaired) electrons. The summed E-state index contributed by atoms with van der Waals surface area (Å²) in [6.45, 7) is 1.21. The average Bonchev–Trinajstić information content (AvgIpc) is 2.86. The second kappa shape index (κ2) is 9.15. The van der Waals surface area contributed by atoms with Crippen LogP contribution in [0, 0.1) is 0 Å². The summed E-state index contributed by atoms with van der Waals surface area (Å²) in [4.78, 5) is 44.4. The second-order valence-corrected chi connectivity index (χ2v) is 10.6. The van der Waals surface area contributed by atoms with Crippen molar-refractivity contribution in [3.63, 3.8) is 0 Å². The minimum atomic E-state index is -4.70. The van der Waals surface area contributed by atoms with Gasteiger partial charge in [0.25, 0.3) is 15.6 Å². The van der Waals surface area contributed by atoms with E-state index in [1.54, 1.807) is 36.5 Å². The Balaban J connectivity index is 1.94. The summed E-state index contributed by atoms with van der Waals surface area (Å²) < 4.78 is 28.1. The lowest BCUT2D eigenvalue weighted by Gasteiger charge is -2.26. The van der Waals surface area contributed by atoms with Gasteiger partial charge in [0.2, 0.25) is 5.91 Å². The highest BCUT2D eigenvalue weighted by Gasteiger charge is 2.29. The quantitative estimate of drug-likeness (QED) is 0.331. The third-order valence-electron chi connectivity index (χ3n) is 5.66. The predicted molar refractivity (Wildman–Crippen MR) is 142 cm³/mol. The number of anilines is 1. The highest BCUT2D eigenvalue weighted by Crippen LogP contribution is 2.28. The first-order valence-corrected chi connectivity index (χ1v) is 12.9. The van der Waals surface area contributed by atoms with E-state index in [4.69, 9.17) is 23.2 Å². The Labute approximate surface area is 219 Å². The van der Waals surface area contributed by atoms with E-state index in [0.29, 0.717) is 10.9 Å². The Morgan fingerprint density at radius 1 is 0.892 bits per heavy atom. The summed E-state index contributed by atoms with van der Waals surface area (Å²) in [7, 11) is -4.70. The number of carbonyl (C=O) groups is 1. The van der Waals surface area contributed by atoms with Crippen molar-refractivity contribution in [2.75, 3.05) is 5.01 Å². The van der Waals surface area contributed by atoms with Crippen molar-refractivity contribution >= 4 is 66.6 Å². The molecule has 1 amide bonds. The maximum absolute atomic E-state index is 13.9. The van der Waals surface area contributed by atoms with E-state index in [2.05, 4.69) is 4.98 Å². The van der Waals surface area contributed by atoms with Crippen LogP contribution in [0.1, 0.15) is 6.92 Å². The van der Waals surface area contributed by atoms with Crippen LogP contribution in [0.4, 0.5) is 5.69 Å². The van der Waals surface area contributed by atoms with Gasteiger partial charge >= 0.3 is 5.69 Å². The molecule has 0 aliphatic rings. The SMILES string of the molecule is CC(=O)N(c1cccc2ncccc12)n1c(=O)n(S(=O)(=O)c2ccc(Cl)cc2)c(=O)c2ccc(Cl)cc21. The lowest BCUT2D eigenvalue weighted by Crippen LogP contribution is -2.51. The van der Waals surface area contributed by atoms with Crippen LogP contribution in [0.15, 0.2) is 93.5 Å². The minimum absolute atomic E-state index is 0.0545. The highest BCUT2D eigenvalue weighted by atomic mass is 35.5. The molecule has 2 heterocycles. The first kappa shape index (κ1) is 24.7. The molecule has 0 aliphatic heterocycles. The van der Waals surface area contributed by atoms with Crippen molar-refractivity contribution in [2.24, 2.45) is 0 Å². The molecule has 0 fully saturated rings. The molecule has 3 aromatic carbocycles. The lowest BCUT2D eigenvalue weighted by atomic mass is 10.1. The van der Waals surface area contributed by atoms with Gasteiger partial charge in [0.15, 0.2) is 0 Å². The summed E-state index contributed by atoms with van der Waals surface area (Å²) in [5, 5.41) is 1.80. The maximum Gasteiger partial charge on any atom is 0.365 e. The smallest absolute Gasteiger partial charge is 0.273 e. The summed E-state index contributed by atoms with van der Waals surface area (Å²) in [6, 6.07) is 17.3. The zero-order valence-electron chi connectivity index (χ0n) is 19.0. The number of nitrogens with zero attached hydrogens (tertiary/aromatic N) is 4. The largest absolute Gasteiger partial charge is 0.365 e. The molecule has 0 atom stereocenters. The van der Waals surface area contributed by atoms with Gasteiger partial charge in [0, 0.05) is 28.6 Å². The topological polar surface area (TPSA) is 111 Å². The molecular formula is C25H16Cl2N4O5S. The number of fused-ring (bicyclic) bond motifs is 2. The van der Waals surface area contributed by atoms with Gasteiger partial charge in [0.05, 0.1) is 27.0 Å².